The molecule has 0 aliphatic rings. The Morgan fingerprint density at radius 1 is 1.00 bits per heavy atom. The molecule has 2 rings (SSSR count). The molecule has 0 spiro atoms. The zero-order valence-corrected chi connectivity index (χ0v) is 8.96. The van der Waals surface area contributed by atoms with Gasteiger partial charge in [-0.15, -0.1) is 0 Å². The maximum Gasteiger partial charge on any atom is 0.363 e. The summed E-state index contributed by atoms with van der Waals surface area (Å²) in [6.07, 6.45) is 1.30. The van der Waals surface area contributed by atoms with Gasteiger partial charge in [-0.3, -0.25) is 0 Å². The SMILES string of the molecule is Cc1c(O)c(C)c2cc(O)c[o+]c2c1C. The summed E-state index contributed by atoms with van der Waals surface area (Å²) in [7, 11) is 0. The Labute approximate surface area is 87.6 Å². The van der Waals surface area contributed by atoms with Gasteiger partial charge in [-0.1, -0.05) is 0 Å². The number of hydrogen-bond acceptors (Lipinski definition) is 2. The number of rotatable bonds is 0. The van der Waals surface area contributed by atoms with Crippen LogP contribution in [0.25, 0.3) is 11.0 Å². The first-order valence-corrected chi connectivity index (χ1v) is 4.75. The highest BCUT2D eigenvalue weighted by Crippen LogP contribution is 2.35. The van der Waals surface area contributed by atoms with E-state index < -0.39 is 0 Å². The number of aryl methyl sites for hydroxylation is 2. The average Bonchev–Trinajstić information content (AvgIpc) is 2.23. The van der Waals surface area contributed by atoms with Crippen molar-refractivity contribution in [2.24, 2.45) is 0 Å². The van der Waals surface area contributed by atoms with Crippen molar-refractivity contribution in [1.82, 2.24) is 0 Å². The Bertz CT molecular complexity index is 544. The molecule has 1 aromatic carbocycles. The Kier molecular flexibility index (Phi) is 2.03. The molecule has 0 saturated carbocycles. The third kappa shape index (κ3) is 1.31. The predicted molar refractivity (Wildman–Crippen MR) is 58.2 cm³/mol. The quantitative estimate of drug-likeness (QED) is 0.650. The molecule has 78 valence electrons. The van der Waals surface area contributed by atoms with Gasteiger partial charge in [0.1, 0.15) is 5.75 Å². The summed E-state index contributed by atoms with van der Waals surface area (Å²) >= 11 is 0. The van der Waals surface area contributed by atoms with Crippen LogP contribution in [0.4, 0.5) is 0 Å². The number of aromatic hydroxyl groups is 2. The first-order chi connectivity index (χ1) is 7.02. The maximum absolute atomic E-state index is 9.85. The molecule has 0 amide bonds. The number of hydrogen-bond donors (Lipinski definition) is 2. The fourth-order valence-electron chi connectivity index (χ4n) is 1.76. The monoisotopic (exact) mass is 205 g/mol. The number of fused-ring (bicyclic) bond motifs is 1. The van der Waals surface area contributed by atoms with Crippen molar-refractivity contribution in [3.8, 4) is 11.5 Å². The van der Waals surface area contributed by atoms with Gasteiger partial charge in [0.05, 0.1) is 10.9 Å². The molecule has 0 fully saturated rings. The van der Waals surface area contributed by atoms with Crippen molar-refractivity contribution in [2.45, 2.75) is 20.8 Å². The lowest BCUT2D eigenvalue weighted by molar-refractivity contribution is 0.445. The van der Waals surface area contributed by atoms with E-state index in [9.17, 15) is 10.2 Å². The summed E-state index contributed by atoms with van der Waals surface area (Å²) in [6.45, 7) is 5.54. The van der Waals surface area contributed by atoms with Gasteiger partial charge in [-0.05, 0) is 20.8 Å². The van der Waals surface area contributed by atoms with Crippen LogP contribution in [0, 0.1) is 20.8 Å². The molecule has 0 atom stereocenters. The Morgan fingerprint density at radius 3 is 2.33 bits per heavy atom. The molecular formula is C12H13O3+. The summed E-state index contributed by atoms with van der Waals surface area (Å²) in [5, 5.41) is 19.9. The van der Waals surface area contributed by atoms with E-state index in [-0.39, 0.29) is 11.5 Å². The highest BCUT2D eigenvalue weighted by atomic mass is 16.3. The van der Waals surface area contributed by atoms with Gasteiger partial charge in [0.15, 0.2) is 0 Å². The predicted octanol–water partition coefficient (Wildman–Crippen LogP) is 3.05. The molecule has 0 aliphatic carbocycles. The average molecular weight is 205 g/mol. The van der Waals surface area contributed by atoms with Crippen molar-refractivity contribution >= 4 is 11.0 Å². The van der Waals surface area contributed by atoms with E-state index in [4.69, 9.17) is 4.42 Å². The summed E-state index contributed by atoms with van der Waals surface area (Å²) in [6, 6.07) is 1.60. The first kappa shape index (κ1) is 9.77. The van der Waals surface area contributed by atoms with Gasteiger partial charge < -0.3 is 10.2 Å². The summed E-state index contributed by atoms with van der Waals surface area (Å²) < 4.78 is 5.33. The fourth-order valence-corrected chi connectivity index (χ4v) is 1.76. The lowest BCUT2D eigenvalue weighted by Gasteiger charge is -2.06. The fraction of sp³-hybridized carbons (Fsp3) is 0.250. The van der Waals surface area contributed by atoms with Gasteiger partial charge in [0.25, 0.3) is 0 Å². The second kappa shape index (κ2) is 3.12. The van der Waals surface area contributed by atoms with E-state index in [1.54, 1.807) is 13.0 Å². The van der Waals surface area contributed by atoms with Gasteiger partial charge in [-0.25, -0.2) is 4.42 Å². The van der Waals surface area contributed by atoms with Crippen molar-refractivity contribution in [3.05, 3.63) is 29.0 Å². The molecule has 15 heavy (non-hydrogen) atoms. The molecule has 3 nitrogen and oxygen atoms in total. The molecule has 1 aromatic heterocycles. The molecule has 3 heteroatoms. The van der Waals surface area contributed by atoms with E-state index in [1.807, 2.05) is 13.8 Å². The van der Waals surface area contributed by atoms with Crippen LogP contribution >= 0.6 is 0 Å². The largest absolute Gasteiger partial charge is 0.507 e. The summed E-state index contributed by atoms with van der Waals surface area (Å²) in [5.74, 6) is 0.328. The molecule has 0 aliphatic heterocycles. The molecule has 0 radical (unpaired) electrons. The van der Waals surface area contributed by atoms with E-state index in [2.05, 4.69) is 0 Å². The highest BCUT2D eigenvalue weighted by molar-refractivity contribution is 5.87. The van der Waals surface area contributed by atoms with Crippen molar-refractivity contribution in [1.29, 1.82) is 0 Å². The van der Waals surface area contributed by atoms with Crippen LogP contribution in [0.15, 0.2) is 16.7 Å². The van der Waals surface area contributed by atoms with Gasteiger partial charge in [0.2, 0.25) is 5.75 Å². The number of phenolic OH excluding ortho intramolecular Hbond substituents is 1. The van der Waals surface area contributed by atoms with Crippen molar-refractivity contribution in [2.75, 3.05) is 0 Å². The van der Waals surface area contributed by atoms with Crippen LogP contribution < -0.4 is 0 Å². The minimum absolute atomic E-state index is 0.0632. The minimum Gasteiger partial charge on any atom is -0.507 e. The Morgan fingerprint density at radius 2 is 1.67 bits per heavy atom. The zero-order valence-electron chi connectivity index (χ0n) is 8.96. The normalized spacial score (nSPS) is 10.9. The van der Waals surface area contributed by atoms with Crippen LogP contribution in [0.3, 0.4) is 0 Å². The molecule has 0 bridgehead atoms. The number of phenols is 1. The highest BCUT2D eigenvalue weighted by Gasteiger charge is 2.19. The van der Waals surface area contributed by atoms with Crippen LogP contribution in [0.1, 0.15) is 16.7 Å². The topological polar surface area (TPSA) is 51.8 Å². The molecule has 2 aromatic rings. The van der Waals surface area contributed by atoms with Gasteiger partial charge >= 0.3 is 11.8 Å². The third-order valence-corrected chi connectivity index (χ3v) is 2.85. The first-order valence-electron chi connectivity index (χ1n) is 4.75. The number of benzene rings is 1. The van der Waals surface area contributed by atoms with Crippen LogP contribution in [-0.4, -0.2) is 10.2 Å². The molecule has 0 saturated heterocycles. The lowest BCUT2D eigenvalue weighted by Crippen LogP contribution is -1.89. The van der Waals surface area contributed by atoms with Crippen LogP contribution in [0.5, 0.6) is 11.5 Å². The van der Waals surface area contributed by atoms with Crippen LogP contribution in [-0.2, 0) is 0 Å². The molecule has 2 N–H and O–H groups in total. The Balaban J connectivity index is 3.00. The van der Waals surface area contributed by atoms with Crippen molar-refractivity contribution < 1.29 is 14.6 Å². The van der Waals surface area contributed by atoms with E-state index in [0.29, 0.717) is 5.58 Å². The minimum atomic E-state index is 0.0632. The van der Waals surface area contributed by atoms with E-state index in [0.717, 1.165) is 22.1 Å². The second-order valence-corrected chi connectivity index (χ2v) is 3.77. The molecular weight excluding hydrogens is 192 g/mol. The van der Waals surface area contributed by atoms with E-state index in [1.165, 1.54) is 6.26 Å². The summed E-state index contributed by atoms with van der Waals surface area (Å²) in [5.41, 5.74) is 3.15. The smallest absolute Gasteiger partial charge is 0.363 e. The standard InChI is InChI=1S/C12H12O3/c1-6-7(2)12-10(8(3)11(6)14)4-9(13)5-15-12/h4-5H,1-3H3,(H-,13,14)/p+1. The van der Waals surface area contributed by atoms with Crippen LogP contribution in [0.2, 0.25) is 0 Å². The maximum atomic E-state index is 9.85. The third-order valence-electron chi connectivity index (χ3n) is 2.85. The van der Waals surface area contributed by atoms with Crippen molar-refractivity contribution in [3.63, 3.8) is 0 Å². The molecule has 1 heterocycles. The zero-order chi connectivity index (χ0) is 11.2. The van der Waals surface area contributed by atoms with Gasteiger partial charge in [-0.2, -0.15) is 0 Å². The lowest BCUT2D eigenvalue weighted by atomic mass is 10.00. The molecule has 0 unspecified atom stereocenters. The second-order valence-electron chi connectivity index (χ2n) is 3.77. The summed E-state index contributed by atoms with van der Waals surface area (Å²) in [4.78, 5) is 0. The van der Waals surface area contributed by atoms with Gasteiger partial charge in [0, 0.05) is 17.2 Å². The Hall–Kier alpha value is -1.77. The van der Waals surface area contributed by atoms with E-state index >= 15 is 0 Å².